The molecule has 0 atom stereocenters. The molecule has 0 bridgehead atoms. The average Bonchev–Trinajstić information content (AvgIpc) is 2.03. The van der Waals surface area contributed by atoms with E-state index in [4.69, 9.17) is 0 Å². The van der Waals surface area contributed by atoms with E-state index in [0.717, 1.165) is 6.54 Å². The minimum Gasteiger partial charge on any atom is -0.240 e. The van der Waals surface area contributed by atoms with Crippen LogP contribution in [0.25, 0.3) is 0 Å². The van der Waals surface area contributed by atoms with Gasteiger partial charge in [-0.15, -0.1) is 0 Å². The molecule has 0 amide bonds. The molecule has 0 aliphatic carbocycles. The Hall–Kier alpha value is -0.330. The number of hydrogen-bond acceptors (Lipinski definition) is 0. The first-order valence-electron chi connectivity index (χ1n) is 4.92. The summed E-state index contributed by atoms with van der Waals surface area (Å²) in [6, 6.07) is 0. The largest absolute Gasteiger partial charge is 0.240 e. The van der Waals surface area contributed by atoms with Gasteiger partial charge < -0.3 is 0 Å². The van der Waals surface area contributed by atoms with E-state index in [9.17, 15) is 0 Å². The Morgan fingerprint density at radius 1 is 1.09 bits per heavy atom. The predicted octanol–water partition coefficient (Wildman–Crippen LogP) is 2.69. The highest BCUT2D eigenvalue weighted by atomic mass is 15.0. The molecule has 0 saturated carbocycles. The van der Waals surface area contributed by atoms with Crippen LogP contribution in [0.2, 0.25) is 0 Å². The van der Waals surface area contributed by atoms with Gasteiger partial charge in [0.25, 0.3) is 0 Å². The minimum absolute atomic E-state index is 1.16. The lowest BCUT2D eigenvalue weighted by molar-refractivity contribution is -0.520. The molecule has 0 aromatic carbocycles. The highest BCUT2D eigenvalue weighted by molar-refractivity contribution is 5.50. The Labute approximate surface area is 71.1 Å². The van der Waals surface area contributed by atoms with Crippen molar-refractivity contribution in [1.82, 2.24) is 0 Å². The molecule has 0 aliphatic rings. The van der Waals surface area contributed by atoms with Crippen LogP contribution in [0.3, 0.4) is 0 Å². The van der Waals surface area contributed by atoms with E-state index >= 15 is 0 Å². The van der Waals surface area contributed by atoms with Gasteiger partial charge in [0, 0.05) is 12.8 Å². The van der Waals surface area contributed by atoms with E-state index < -0.39 is 0 Å². The Morgan fingerprint density at radius 3 is 2.27 bits per heavy atom. The molecule has 0 aromatic rings. The SMILES string of the molecule is CCCC/C=[N+](/CC)CCC. The number of rotatable bonds is 6. The molecule has 11 heavy (non-hydrogen) atoms. The van der Waals surface area contributed by atoms with E-state index in [-0.39, 0.29) is 0 Å². The first-order valence-corrected chi connectivity index (χ1v) is 4.92. The Kier molecular flexibility index (Phi) is 7.54. The maximum Gasteiger partial charge on any atom is 0.142 e. The fourth-order valence-electron chi connectivity index (χ4n) is 1.14. The van der Waals surface area contributed by atoms with E-state index in [1.165, 1.54) is 32.2 Å². The topological polar surface area (TPSA) is 3.01 Å². The van der Waals surface area contributed by atoms with Crippen LogP contribution in [-0.4, -0.2) is 23.9 Å². The molecule has 1 nitrogen and oxygen atoms in total. The van der Waals surface area contributed by atoms with E-state index in [1.54, 1.807) is 0 Å². The molecular formula is C10H22N+. The van der Waals surface area contributed by atoms with Gasteiger partial charge in [0.15, 0.2) is 0 Å². The van der Waals surface area contributed by atoms with Crippen molar-refractivity contribution in [2.45, 2.75) is 46.5 Å². The quantitative estimate of drug-likeness (QED) is 0.316. The third-order valence-electron chi connectivity index (χ3n) is 1.86. The third-order valence-corrected chi connectivity index (χ3v) is 1.86. The molecular weight excluding hydrogens is 134 g/mol. The van der Waals surface area contributed by atoms with Crippen LogP contribution in [0.4, 0.5) is 0 Å². The molecule has 0 spiro atoms. The van der Waals surface area contributed by atoms with Crippen LogP contribution in [-0.2, 0) is 0 Å². The summed E-state index contributed by atoms with van der Waals surface area (Å²) in [7, 11) is 0. The van der Waals surface area contributed by atoms with Crippen LogP contribution in [0.15, 0.2) is 0 Å². The molecule has 0 aromatic heterocycles. The summed E-state index contributed by atoms with van der Waals surface area (Å²) in [4.78, 5) is 0. The molecule has 0 aliphatic heterocycles. The van der Waals surface area contributed by atoms with Gasteiger partial charge in [0.1, 0.15) is 19.3 Å². The van der Waals surface area contributed by atoms with Crippen molar-refractivity contribution in [2.75, 3.05) is 13.1 Å². The molecule has 1 heteroatoms. The lowest BCUT2D eigenvalue weighted by Gasteiger charge is -1.97. The fraction of sp³-hybridized carbons (Fsp3) is 0.900. The van der Waals surface area contributed by atoms with E-state index in [0.29, 0.717) is 0 Å². The lowest BCUT2D eigenvalue weighted by atomic mass is 10.3. The van der Waals surface area contributed by atoms with Gasteiger partial charge >= 0.3 is 0 Å². The van der Waals surface area contributed by atoms with Crippen molar-refractivity contribution in [3.63, 3.8) is 0 Å². The second-order valence-corrected chi connectivity index (χ2v) is 2.95. The third kappa shape index (κ3) is 6.08. The molecule has 0 fully saturated rings. The second-order valence-electron chi connectivity index (χ2n) is 2.95. The van der Waals surface area contributed by atoms with Crippen molar-refractivity contribution in [3.05, 3.63) is 0 Å². The summed E-state index contributed by atoms with van der Waals surface area (Å²) in [6.07, 6.45) is 7.51. The van der Waals surface area contributed by atoms with Crippen LogP contribution in [0.5, 0.6) is 0 Å². The normalized spacial score (nSPS) is 12.1. The maximum absolute atomic E-state index is 2.41. The highest BCUT2D eigenvalue weighted by Crippen LogP contribution is 1.90. The molecule has 0 rings (SSSR count). The first kappa shape index (κ1) is 10.7. The Bertz CT molecular complexity index is 105. The molecule has 0 heterocycles. The van der Waals surface area contributed by atoms with Crippen molar-refractivity contribution in [1.29, 1.82) is 0 Å². The second kappa shape index (κ2) is 7.77. The summed E-state index contributed by atoms with van der Waals surface area (Å²) >= 11 is 0. The van der Waals surface area contributed by atoms with Crippen molar-refractivity contribution in [2.24, 2.45) is 0 Å². The zero-order valence-corrected chi connectivity index (χ0v) is 8.27. The predicted molar refractivity (Wildman–Crippen MR) is 51.5 cm³/mol. The number of hydrogen-bond donors (Lipinski definition) is 0. The zero-order valence-electron chi connectivity index (χ0n) is 8.27. The van der Waals surface area contributed by atoms with E-state index in [1.807, 2.05) is 0 Å². The van der Waals surface area contributed by atoms with Gasteiger partial charge in [-0.1, -0.05) is 20.3 Å². The average molecular weight is 156 g/mol. The highest BCUT2D eigenvalue weighted by Gasteiger charge is 1.96. The molecule has 0 radical (unpaired) electrons. The summed E-state index contributed by atoms with van der Waals surface area (Å²) in [6.45, 7) is 9.08. The Morgan fingerprint density at radius 2 is 1.82 bits per heavy atom. The first-order chi connectivity index (χ1) is 5.35. The van der Waals surface area contributed by atoms with Gasteiger partial charge in [-0.2, -0.15) is 0 Å². The molecule has 0 N–H and O–H groups in total. The van der Waals surface area contributed by atoms with Gasteiger partial charge in [0.2, 0.25) is 0 Å². The number of unbranched alkanes of at least 4 members (excludes halogenated alkanes) is 2. The summed E-state index contributed by atoms with van der Waals surface area (Å²) < 4.78 is 2.41. The van der Waals surface area contributed by atoms with Crippen molar-refractivity contribution in [3.8, 4) is 0 Å². The van der Waals surface area contributed by atoms with Crippen LogP contribution in [0, 0.1) is 0 Å². The van der Waals surface area contributed by atoms with E-state index in [2.05, 4.69) is 31.6 Å². The van der Waals surface area contributed by atoms with Gasteiger partial charge in [-0.3, -0.25) is 0 Å². The zero-order chi connectivity index (χ0) is 8.53. The summed E-state index contributed by atoms with van der Waals surface area (Å²) in [5, 5.41) is 0. The van der Waals surface area contributed by atoms with Crippen LogP contribution < -0.4 is 0 Å². The lowest BCUT2D eigenvalue weighted by Crippen LogP contribution is -2.13. The van der Waals surface area contributed by atoms with Crippen LogP contribution in [0.1, 0.15) is 46.5 Å². The van der Waals surface area contributed by atoms with Crippen molar-refractivity contribution >= 4 is 6.21 Å². The molecule has 66 valence electrons. The fourth-order valence-corrected chi connectivity index (χ4v) is 1.14. The minimum atomic E-state index is 1.16. The van der Waals surface area contributed by atoms with Gasteiger partial charge in [0.05, 0.1) is 0 Å². The number of nitrogens with zero attached hydrogens (tertiary/aromatic N) is 1. The van der Waals surface area contributed by atoms with Gasteiger partial charge in [-0.25, -0.2) is 4.58 Å². The van der Waals surface area contributed by atoms with Crippen LogP contribution >= 0.6 is 0 Å². The van der Waals surface area contributed by atoms with Crippen molar-refractivity contribution < 1.29 is 4.58 Å². The maximum atomic E-state index is 2.41. The summed E-state index contributed by atoms with van der Waals surface area (Å²) in [5.74, 6) is 0. The summed E-state index contributed by atoms with van der Waals surface area (Å²) in [5.41, 5.74) is 0. The Balaban J connectivity index is 3.52. The standard InChI is InChI=1S/C10H22N/c1-4-7-8-10-11(6-3)9-5-2/h10H,4-9H2,1-3H3/q+1/b11-10-. The smallest absolute Gasteiger partial charge is 0.142 e. The molecule has 0 saturated heterocycles. The molecule has 0 unspecified atom stereocenters. The monoisotopic (exact) mass is 156 g/mol. The van der Waals surface area contributed by atoms with Gasteiger partial charge in [-0.05, 0) is 13.3 Å².